The van der Waals surface area contributed by atoms with Crippen LogP contribution >= 0.6 is 0 Å². The van der Waals surface area contributed by atoms with Gasteiger partial charge in [-0.1, -0.05) is 13.3 Å². The number of hydrogen-bond donors (Lipinski definition) is 1. The number of unbranched alkanes of at least 4 members (excludes halogenated alkanes) is 1. The molecular formula is C13H20N2O4. The molecule has 106 valence electrons. The van der Waals surface area contributed by atoms with Gasteiger partial charge in [0.2, 0.25) is 0 Å². The molecule has 1 rings (SSSR count). The zero-order chi connectivity index (χ0) is 14.4. The third-order valence-electron chi connectivity index (χ3n) is 2.74. The van der Waals surface area contributed by atoms with Crippen LogP contribution in [0.1, 0.15) is 39.5 Å². The molecule has 6 heteroatoms. The summed E-state index contributed by atoms with van der Waals surface area (Å²) >= 11 is 0. The van der Waals surface area contributed by atoms with Crippen LogP contribution in [0.4, 0.5) is 0 Å². The number of allylic oxidation sites excluding steroid dienone is 1. The van der Waals surface area contributed by atoms with Crippen molar-refractivity contribution < 1.29 is 19.4 Å². The van der Waals surface area contributed by atoms with Gasteiger partial charge in [0.15, 0.2) is 0 Å². The van der Waals surface area contributed by atoms with Gasteiger partial charge in [-0.2, -0.15) is 5.10 Å². The van der Waals surface area contributed by atoms with Gasteiger partial charge in [-0.25, -0.2) is 5.01 Å². The molecule has 0 aromatic heterocycles. The van der Waals surface area contributed by atoms with Gasteiger partial charge in [-0.15, -0.1) is 0 Å². The van der Waals surface area contributed by atoms with Crippen LogP contribution in [0, 0.1) is 0 Å². The monoisotopic (exact) mass is 268 g/mol. The van der Waals surface area contributed by atoms with Crippen molar-refractivity contribution in [1.29, 1.82) is 0 Å². The molecule has 1 N–H and O–H groups in total. The standard InChI is InChI=1S/C13H20N2O4/c1-4-6-7-10(19-5-2)12-9(8-11(16)17)14-15(3)13(12)18/h4-8H2,1-3H3,(H,16,17). The number of rotatable bonds is 7. The van der Waals surface area contributed by atoms with Crippen LogP contribution in [0.2, 0.25) is 0 Å². The van der Waals surface area contributed by atoms with Crippen molar-refractivity contribution >= 4 is 17.6 Å². The lowest BCUT2D eigenvalue weighted by Crippen LogP contribution is -2.20. The minimum atomic E-state index is -1.01. The molecular weight excluding hydrogens is 248 g/mol. The molecule has 0 aliphatic carbocycles. The smallest absolute Gasteiger partial charge is 0.309 e. The fourth-order valence-corrected chi connectivity index (χ4v) is 1.89. The van der Waals surface area contributed by atoms with Crippen molar-refractivity contribution in [2.24, 2.45) is 5.10 Å². The lowest BCUT2D eigenvalue weighted by Gasteiger charge is -2.12. The Morgan fingerprint density at radius 3 is 2.63 bits per heavy atom. The van der Waals surface area contributed by atoms with Crippen molar-refractivity contribution in [2.45, 2.75) is 39.5 Å². The minimum Gasteiger partial charge on any atom is -0.497 e. The second-order valence-electron chi connectivity index (χ2n) is 4.28. The van der Waals surface area contributed by atoms with Crippen molar-refractivity contribution in [1.82, 2.24) is 5.01 Å². The Bertz CT molecular complexity index is 426. The van der Waals surface area contributed by atoms with Gasteiger partial charge >= 0.3 is 5.97 Å². The number of carboxylic acid groups (broad SMARTS) is 1. The molecule has 0 fully saturated rings. The molecule has 1 aliphatic heterocycles. The Morgan fingerprint density at radius 2 is 2.11 bits per heavy atom. The van der Waals surface area contributed by atoms with Crippen molar-refractivity contribution in [3.63, 3.8) is 0 Å². The Morgan fingerprint density at radius 1 is 1.42 bits per heavy atom. The van der Waals surface area contributed by atoms with Crippen molar-refractivity contribution in [3.8, 4) is 0 Å². The topological polar surface area (TPSA) is 79.2 Å². The highest BCUT2D eigenvalue weighted by Gasteiger charge is 2.32. The molecule has 6 nitrogen and oxygen atoms in total. The summed E-state index contributed by atoms with van der Waals surface area (Å²) in [7, 11) is 1.51. The zero-order valence-electron chi connectivity index (χ0n) is 11.6. The Labute approximate surface area is 112 Å². The molecule has 0 bridgehead atoms. The number of carbonyl (C=O) groups is 2. The van der Waals surface area contributed by atoms with Gasteiger partial charge in [0.1, 0.15) is 11.3 Å². The van der Waals surface area contributed by atoms with Gasteiger partial charge in [-0.3, -0.25) is 9.59 Å². The van der Waals surface area contributed by atoms with E-state index in [1.165, 1.54) is 12.1 Å². The summed E-state index contributed by atoms with van der Waals surface area (Å²) in [6.45, 7) is 4.33. The van der Waals surface area contributed by atoms with E-state index in [0.717, 1.165) is 12.8 Å². The SMILES string of the molecule is CCCCC(OCC)=C1C(=O)N(C)N=C1CC(=O)O. The lowest BCUT2D eigenvalue weighted by molar-refractivity contribution is -0.135. The largest absolute Gasteiger partial charge is 0.497 e. The van der Waals surface area contributed by atoms with E-state index in [4.69, 9.17) is 9.84 Å². The highest BCUT2D eigenvalue weighted by Crippen LogP contribution is 2.23. The second-order valence-corrected chi connectivity index (χ2v) is 4.28. The predicted octanol–water partition coefficient (Wildman–Crippen LogP) is 1.77. The summed E-state index contributed by atoms with van der Waals surface area (Å²) < 4.78 is 5.52. The molecule has 0 atom stereocenters. The molecule has 1 aliphatic rings. The number of hydrazone groups is 1. The number of carboxylic acids is 1. The average molecular weight is 268 g/mol. The quantitative estimate of drug-likeness (QED) is 0.563. The first-order valence-corrected chi connectivity index (χ1v) is 6.44. The number of hydrogen-bond acceptors (Lipinski definition) is 4. The van der Waals surface area contributed by atoms with E-state index in [1.54, 1.807) is 0 Å². The molecule has 1 amide bonds. The third kappa shape index (κ3) is 3.81. The third-order valence-corrected chi connectivity index (χ3v) is 2.74. The number of likely N-dealkylation sites (N-methyl/N-ethyl adjacent to an activating group) is 1. The normalized spacial score (nSPS) is 17.5. The van der Waals surface area contributed by atoms with Gasteiger partial charge in [-0.05, 0) is 13.3 Å². The molecule has 0 saturated carbocycles. The van der Waals surface area contributed by atoms with Crippen molar-refractivity contribution in [2.75, 3.05) is 13.7 Å². The molecule has 0 saturated heterocycles. The van der Waals surface area contributed by atoms with Crippen LogP contribution in [-0.2, 0) is 14.3 Å². The summed E-state index contributed by atoms with van der Waals surface area (Å²) in [5.41, 5.74) is 0.597. The van der Waals surface area contributed by atoms with E-state index in [0.29, 0.717) is 24.4 Å². The average Bonchev–Trinajstić information content (AvgIpc) is 2.60. The van der Waals surface area contributed by atoms with Crippen LogP contribution in [-0.4, -0.2) is 41.4 Å². The van der Waals surface area contributed by atoms with Crippen molar-refractivity contribution in [3.05, 3.63) is 11.3 Å². The molecule has 0 spiro atoms. The summed E-state index contributed by atoms with van der Waals surface area (Å²) in [4.78, 5) is 22.9. The summed E-state index contributed by atoms with van der Waals surface area (Å²) in [5.74, 6) is -0.750. The molecule has 0 unspecified atom stereocenters. The first kappa shape index (κ1) is 15.2. The minimum absolute atomic E-state index is 0.270. The Hall–Kier alpha value is -1.85. The summed E-state index contributed by atoms with van der Waals surface area (Å²) in [5, 5.41) is 14.0. The molecule has 0 aromatic carbocycles. The maximum atomic E-state index is 12.1. The fourth-order valence-electron chi connectivity index (χ4n) is 1.89. The highest BCUT2D eigenvalue weighted by atomic mass is 16.5. The van der Waals surface area contributed by atoms with Crippen LogP contribution in [0.5, 0.6) is 0 Å². The van der Waals surface area contributed by atoms with E-state index >= 15 is 0 Å². The zero-order valence-corrected chi connectivity index (χ0v) is 11.6. The number of ether oxygens (including phenoxy) is 1. The van der Waals surface area contributed by atoms with E-state index in [-0.39, 0.29) is 18.0 Å². The van der Waals surface area contributed by atoms with Crippen LogP contribution in [0.15, 0.2) is 16.4 Å². The lowest BCUT2D eigenvalue weighted by atomic mass is 10.0. The first-order chi connectivity index (χ1) is 9.01. The Kier molecular flexibility index (Phi) is 5.54. The van der Waals surface area contributed by atoms with Gasteiger partial charge in [0.05, 0.1) is 18.7 Å². The van der Waals surface area contributed by atoms with Crippen LogP contribution in [0.25, 0.3) is 0 Å². The van der Waals surface area contributed by atoms with E-state index in [2.05, 4.69) is 5.10 Å². The molecule has 19 heavy (non-hydrogen) atoms. The number of amides is 1. The molecule has 1 heterocycles. The molecule has 0 aromatic rings. The molecule has 0 radical (unpaired) electrons. The van der Waals surface area contributed by atoms with Crippen LogP contribution < -0.4 is 0 Å². The number of carbonyl (C=O) groups excluding carboxylic acids is 1. The number of aliphatic carboxylic acids is 1. The first-order valence-electron chi connectivity index (χ1n) is 6.44. The van der Waals surface area contributed by atoms with E-state index in [9.17, 15) is 9.59 Å². The Balaban J connectivity index is 3.10. The summed E-state index contributed by atoms with van der Waals surface area (Å²) in [6.07, 6.45) is 2.21. The predicted molar refractivity (Wildman–Crippen MR) is 70.6 cm³/mol. The maximum absolute atomic E-state index is 12.1. The van der Waals surface area contributed by atoms with Crippen LogP contribution in [0.3, 0.4) is 0 Å². The van der Waals surface area contributed by atoms with Gasteiger partial charge < -0.3 is 9.84 Å². The fraction of sp³-hybridized carbons (Fsp3) is 0.615. The van der Waals surface area contributed by atoms with Gasteiger partial charge in [0.25, 0.3) is 5.91 Å². The summed E-state index contributed by atoms with van der Waals surface area (Å²) in [6, 6.07) is 0. The second kappa shape index (κ2) is 6.92. The van der Waals surface area contributed by atoms with E-state index < -0.39 is 5.97 Å². The van der Waals surface area contributed by atoms with Gasteiger partial charge in [0, 0.05) is 13.5 Å². The maximum Gasteiger partial charge on any atom is 0.309 e. The number of nitrogens with zero attached hydrogens (tertiary/aromatic N) is 2. The highest BCUT2D eigenvalue weighted by molar-refractivity contribution is 6.27. The van der Waals surface area contributed by atoms with E-state index in [1.807, 2.05) is 13.8 Å².